The third-order valence-corrected chi connectivity index (χ3v) is 5.91. The molecule has 0 spiro atoms. The van der Waals surface area contributed by atoms with E-state index in [1.54, 1.807) is 12.1 Å². The summed E-state index contributed by atoms with van der Waals surface area (Å²) in [7, 11) is 0. The highest BCUT2D eigenvalue weighted by Crippen LogP contribution is 2.41. The van der Waals surface area contributed by atoms with E-state index in [0.717, 1.165) is 35.2 Å². The highest BCUT2D eigenvalue weighted by molar-refractivity contribution is 7.80. The van der Waals surface area contributed by atoms with Gasteiger partial charge in [0.25, 0.3) is 0 Å². The molecule has 6 heteroatoms. The van der Waals surface area contributed by atoms with Crippen LogP contribution in [0.4, 0.5) is 0 Å². The van der Waals surface area contributed by atoms with E-state index in [9.17, 15) is 5.11 Å². The Balaban J connectivity index is 1.82. The van der Waals surface area contributed by atoms with Crippen LogP contribution in [0.3, 0.4) is 0 Å². The topological polar surface area (TPSA) is 53.3 Å². The number of aromatic nitrogens is 2. The van der Waals surface area contributed by atoms with Gasteiger partial charge in [0.1, 0.15) is 5.75 Å². The Hall–Kier alpha value is -2.86. The van der Waals surface area contributed by atoms with Gasteiger partial charge in [0.2, 0.25) is 0 Å². The summed E-state index contributed by atoms with van der Waals surface area (Å²) < 4.78 is 2.23. The summed E-state index contributed by atoms with van der Waals surface area (Å²) in [6.45, 7) is 7.33. The van der Waals surface area contributed by atoms with Crippen molar-refractivity contribution in [2.75, 3.05) is 6.54 Å². The highest BCUT2D eigenvalue weighted by Gasteiger charge is 2.40. The van der Waals surface area contributed by atoms with Gasteiger partial charge in [0, 0.05) is 29.8 Å². The molecule has 1 fully saturated rings. The number of pyridine rings is 1. The van der Waals surface area contributed by atoms with Crippen molar-refractivity contribution in [1.29, 1.82) is 0 Å². The van der Waals surface area contributed by atoms with Crippen molar-refractivity contribution in [2.45, 2.75) is 39.3 Å². The fourth-order valence-corrected chi connectivity index (χ4v) is 4.64. The average Bonchev–Trinajstić information content (AvgIpc) is 3.20. The molecule has 2 atom stereocenters. The van der Waals surface area contributed by atoms with E-state index < -0.39 is 0 Å². The van der Waals surface area contributed by atoms with E-state index in [1.165, 1.54) is 11.3 Å². The highest BCUT2D eigenvalue weighted by atomic mass is 32.1. The van der Waals surface area contributed by atoms with E-state index >= 15 is 0 Å². The molecule has 1 aliphatic heterocycles. The molecule has 1 aromatic carbocycles. The smallest absolute Gasteiger partial charge is 0.170 e. The van der Waals surface area contributed by atoms with Crippen molar-refractivity contribution in [2.24, 2.45) is 0 Å². The predicted octanol–water partition coefficient (Wildman–Crippen LogP) is 4.58. The third kappa shape index (κ3) is 3.49. The fourth-order valence-electron chi connectivity index (χ4n) is 4.31. The lowest BCUT2D eigenvalue weighted by Gasteiger charge is -2.27. The maximum absolute atomic E-state index is 9.66. The molecule has 0 aliphatic carbocycles. The van der Waals surface area contributed by atoms with Crippen LogP contribution in [0.5, 0.6) is 5.75 Å². The molecule has 0 amide bonds. The van der Waals surface area contributed by atoms with Gasteiger partial charge in [-0.2, -0.15) is 0 Å². The molecule has 2 N–H and O–H groups in total. The zero-order valence-corrected chi connectivity index (χ0v) is 17.8. The van der Waals surface area contributed by atoms with Crippen LogP contribution < -0.4 is 5.32 Å². The van der Waals surface area contributed by atoms with Crippen LogP contribution in [0, 0.1) is 13.8 Å². The molecule has 4 rings (SSSR count). The Morgan fingerprint density at radius 2 is 1.90 bits per heavy atom. The molecule has 2 unspecified atom stereocenters. The first-order chi connectivity index (χ1) is 14.0. The zero-order chi connectivity index (χ0) is 20.5. The molecule has 5 nitrogen and oxygen atoms in total. The molecule has 1 saturated heterocycles. The van der Waals surface area contributed by atoms with Crippen molar-refractivity contribution in [3.05, 3.63) is 77.4 Å². The van der Waals surface area contributed by atoms with E-state index in [2.05, 4.69) is 52.7 Å². The Bertz CT molecular complexity index is 1010. The molecule has 29 heavy (non-hydrogen) atoms. The number of phenolic OH excluding ortho intramolecular Hbond substituents is 1. The molecule has 1 aliphatic rings. The summed E-state index contributed by atoms with van der Waals surface area (Å²) in [5, 5.41) is 13.9. The van der Waals surface area contributed by atoms with E-state index in [4.69, 9.17) is 12.2 Å². The number of hydrogen-bond donors (Lipinski definition) is 2. The number of rotatable bonds is 5. The quantitative estimate of drug-likeness (QED) is 0.608. The summed E-state index contributed by atoms with van der Waals surface area (Å²) in [4.78, 5) is 6.90. The second kappa shape index (κ2) is 7.87. The van der Waals surface area contributed by atoms with Crippen molar-refractivity contribution < 1.29 is 5.11 Å². The van der Waals surface area contributed by atoms with Crippen LogP contribution in [0.15, 0.2) is 54.7 Å². The molecule has 3 aromatic rings. The number of nitrogens with one attached hydrogen (secondary N) is 1. The predicted molar refractivity (Wildman–Crippen MR) is 119 cm³/mol. The van der Waals surface area contributed by atoms with E-state index in [-0.39, 0.29) is 17.8 Å². The van der Waals surface area contributed by atoms with Crippen LogP contribution >= 0.6 is 12.2 Å². The largest absolute Gasteiger partial charge is 0.508 e. The average molecular weight is 407 g/mol. The minimum atomic E-state index is 0.00372. The van der Waals surface area contributed by atoms with Crippen LogP contribution in [0.1, 0.15) is 48.1 Å². The van der Waals surface area contributed by atoms with Crippen LogP contribution in [0.25, 0.3) is 5.69 Å². The summed E-state index contributed by atoms with van der Waals surface area (Å²) >= 11 is 5.70. The molecule has 150 valence electrons. The van der Waals surface area contributed by atoms with Gasteiger partial charge in [0.15, 0.2) is 5.11 Å². The standard InChI is InChI=1S/C23H26N4OS/c1-4-13-26-22(21(25-23(26)29)20-7-5-6-12-24-20)19-14-15(2)27(16(19)3)17-8-10-18(28)11-9-17/h5-12,14,21-22,28H,4,13H2,1-3H3,(H,25,29). The van der Waals surface area contributed by atoms with E-state index in [0.29, 0.717) is 0 Å². The Labute approximate surface area is 177 Å². The van der Waals surface area contributed by atoms with Crippen molar-refractivity contribution in [1.82, 2.24) is 19.8 Å². The SMILES string of the molecule is CCCN1C(=S)NC(c2ccccn2)C1c1cc(C)n(-c2ccc(O)cc2)c1C. The van der Waals surface area contributed by atoms with Crippen molar-refractivity contribution in [3.8, 4) is 11.4 Å². The minimum absolute atomic E-state index is 0.00372. The normalized spacial score (nSPS) is 18.9. The van der Waals surface area contributed by atoms with Crippen molar-refractivity contribution in [3.63, 3.8) is 0 Å². The Kier molecular flexibility index (Phi) is 5.28. The van der Waals surface area contributed by atoms with Crippen LogP contribution in [-0.4, -0.2) is 31.2 Å². The number of hydrogen-bond acceptors (Lipinski definition) is 3. The Morgan fingerprint density at radius 1 is 1.14 bits per heavy atom. The maximum atomic E-state index is 9.66. The van der Waals surface area contributed by atoms with Crippen LogP contribution in [-0.2, 0) is 0 Å². The summed E-state index contributed by atoms with van der Waals surface area (Å²) in [5.74, 6) is 0.270. The summed E-state index contributed by atoms with van der Waals surface area (Å²) in [5.41, 5.74) is 5.60. The van der Waals surface area contributed by atoms with Crippen LogP contribution in [0.2, 0.25) is 0 Å². The lowest BCUT2D eigenvalue weighted by atomic mass is 9.96. The second-order valence-electron chi connectivity index (χ2n) is 7.50. The molecule has 0 saturated carbocycles. The van der Waals surface area contributed by atoms with Gasteiger partial charge in [0.05, 0.1) is 17.8 Å². The third-order valence-electron chi connectivity index (χ3n) is 5.56. The molecule has 0 radical (unpaired) electrons. The van der Waals surface area contributed by atoms with Gasteiger partial charge in [-0.1, -0.05) is 13.0 Å². The monoisotopic (exact) mass is 406 g/mol. The number of aryl methyl sites for hydroxylation is 1. The number of aromatic hydroxyl groups is 1. The summed E-state index contributed by atoms with van der Waals surface area (Å²) in [6, 6.07) is 15.7. The first-order valence-electron chi connectivity index (χ1n) is 9.97. The number of nitrogens with zero attached hydrogens (tertiary/aromatic N) is 3. The number of phenols is 1. The fraction of sp³-hybridized carbons (Fsp3) is 0.304. The number of thiocarbonyl (C=S) groups is 1. The molecular formula is C23H26N4OS. The van der Waals surface area contributed by atoms with Gasteiger partial charge < -0.3 is 19.9 Å². The van der Waals surface area contributed by atoms with Gasteiger partial charge in [-0.05, 0) is 80.5 Å². The van der Waals surface area contributed by atoms with Gasteiger partial charge >= 0.3 is 0 Å². The van der Waals surface area contributed by atoms with Crippen molar-refractivity contribution >= 4 is 17.3 Å². The van der Waals surface area contributed by atoms with Gasteiger partial charge in [-0.25, -0.2) is 0 Å². The lowest BCUT2D eigenvalue weighted by molar-refractivity contribution is 0.316. The first-order valence-corrected chi connectivity index (χ1v) is 10.4. The first kappa shape index (κ1) is 19.5. The number of benzene rings is 1. The maximum Gasteiger partial charge on any atom is 0.170 e. The molecule has 3 heterocycles. The zero-order valence-electron chi connectivity index (χ0n) is 17.0. The molecule has 0 bridgehead atoms. The summed E-state index contributed by atoms with van der Waals surface area (Å²) in [6.07, 6.45) is 2.85. The molecule has 2 aromatic heterocycles. The Morgan fingerprint density at radius 3 is 2.55 bits per heavy atom. The molecular weight excluding hydrogens is 380 g/mol. The van der Waals surface area contributed by atoms with E-state index in [1.807, 2.05) is 30.5 Å². The minimum Gasteiger partial charge on any atom is -0.508 e. The lowest BCUT2D eigenvalue weighted by Crippen LogP contribution is -2.30. The van der Waals surface area contributed by atoms with Gasteiger partial charge in [-0.3, -0.25) is 4.98 Å². The second-order valence-corrected chi connectivity index (χ2v) is 7.88. The van der Waals surface area contributed by atoms with Gasteiger partial charge in [-0.15, -0.1) is 0 Å².